The summed E-state index contributed by atoms with van der Waals surface area (Å²) in [7, 11) is 3.38. The van der Waals surface area contributed by atoms with E-state index in [4.69, 9.17) is 9.47 Å². The van der Waals surface area contributed by atoms with Gasteiger partial charge in [-0.3, -0.25) is 9.48 Å². The Bertz CT molecular complexity index is 1160. The van der Waals surface area contributed by atoms with Gasteiger partial charge in [0.15, 0.2) is 11.5 Å². The van der Waals surface area contributed by atoms with E-state index in [9.17, 15) is 4.79 Å². The van der Waals surface area contributed by atoms with Crippen molar-refractivity contribution in [3.8, 4) is 23.2 Å². The van der Waals surface area contributed by atoms with Gasteiger partial charge in [-0.05, 0) is 42.8 Å². The number of ether oxygens (including phenoxy) is 2. The number of methoxy groups -OCH3 is 1. The van der Waals surface area contributed by atoms with E-state index in [1.807, 2.05) is 54.2 Å². The zero-order valence-electron chi connectivity index (χ0n) is 16.9. The molecule has 8 heteroatoms. The largest absolute Gasteiger partial charge is 0.493 e. The van der Waals surface area contributed by atoms with Crippen LogP contribution < -0.4 is 14.8 Å². The lowest BCUT2D eigenvalue weighted by atomic mass is 10.2. The molecule has 30 heavy (non-hydrogen) atoms. The second-order valence-electron chi connectivity index (χ2n) is 6.69. The van der Waals surface area contributed by atoms with Crippen LogP contribution in [0, 0.1) is 6.92 Å². The maximum atomic E-state index is 12.8. The number of pyridine rings is 1. The normalized spacial score (nSPS) is 10.6. The maximum absolute atomic E-state index is 12.8. The number of nitrogens with one attached hydrogen (secondary N) is 1. The van der Waals surface area contributed by atoms with Gasteiger partial charge >= 0.3 is 0 Å². The third kappa shape index (κ3) is 3.88. The van der Waals surface area contributed by atoms with Crippen LogP contribution in [0.15, 0.2) is 67.3 Å². The van der Waals surface area contributed by atoms with Crippen molar-refractivity contribution < 1.29 is 14.3 Å². The smallest absolute Gasteiger partial charge is 0.261 e. The highest BCUT2D eigenvalue weighted by molar-refractivity contribution is 6.06. The number of carbonyl (C=O) groups excluding carboxylic acids is 1. The molecule has 0 unspecified atom stereocenters. The summed E-state index contributed by atoms with van der Waals surface area (Å²) in [4.78, 5) is 17.1. The fraction of sp³-hybridized carbons (Fsp3) is 0.136. The fourth-order valence-electron chi connectivity index (χ4n) is 3.06. The lowest BCUT2D eigenvalue weighted by molar-refractivity contribution is 0.102. The molecule has 0 bridgehead atoms. The fourth-order valence-corrected chi connectivity index (χ4v) is 3.06. The first kappa shape index (κ1) is 19.3. The summed E-state index contributed by atoms with van der Waals surface area (Å²) in [6, 6.07) is 12.8. The molecule has 152 valence electrons. The molecule has 0 spiro atoms. The topological polar surface area (TPSA) is 83.2 Å². The Morgan fingerprint density at radius 2 is 1.87 bits per heavy atom. The van der Waals surface area contributed by atoms with Crippen LogP contribution in [0.5, 0.6) is 17.4 Å². The monoisotopic (exact) mass is 403 g/mol. The van der Waals surface area contributed by atoms with Crippen LogP contribution in [-0.2, 0) is 7.05 Å². The Morgan fingerprint density at radius 1 is 1.07 bits per heavy atom. The Labute approximate surface area is 173 Å². The van der Waals surface area contributed by atoms with Crippen molar-refractivity contribution in [3.05, 3.63) is 78.4 Å². The van der Waals surface area contributed by atoms with Crippen molar-refractivity contribution in [1.82, 2.24) is 19.3 Å². The molecule has 8 nitrogen and oxygen atoms in total. The van der Waals surface area contributed by atoms with E-state index in [-0.39, 0.29) is 5.91 Å². The summed E-state index contributed by atoms with van der Waals surface area (Å²) in [5, 5.41) is 7.05. The zero-order valence-corrected chi connectivity index (χ0v) is 16.9. The molecule has 1 N–H and O–H groups in total. The third-order valence-corrected chi connectivity index (χ3v) is 4.53. The second kappa shape index (κ2) is 8.12. The highest BCUT2D eigenvalue weighted by Crippen LogP contribution is 2.31. The Kier molecular flexibility index (Phi) is 5.21. The number of amides is 1. The van der Waals surface area contributed by atoms with E-state index in [0.717, 1.165) is 5.56 Å². The summed E-state index contributed by atoms with van der Waals surface area (Å²) in [5.74, 6) is 1.99. The van der Waals surface area contributed by atoms with Gasteiger partial charge in [-0.2, -0.15) is 5.10 Å². The van der Waals surface area contributed by atoms with E-state index >= 15 is 0 Å². The van der Waals surface area contributed by atoms with Crippen LogP contribution >= 0.6 is 0 Å². The summed E-state index contributed by atoms with van der Waals surface area (Å²) >= 11 is 0. The SMILES string of the molecule is COc1cc(C)ccc1Oc1ccc(NC(=O)c2cnn(C)c2-n2cccc2)cn1. The van der Waals surface area contributed by atoms with Crippen molar-refractivity contribution in [2.24, 2.45) is 7.05 Å². The van der Waals surface area contributed by atoms with E-state index < -0.39 is 0 Å². The van der Waals surface area contributed by atoms with Crippen LogP contribution in [0.3, 0.4) is 0 Å². The molecule has 0 saturated carbocycles. The quantitative estimate of drug-likeness (QED) is 0.527. The minimum Gasteiger partial charge on any atom is -0.493 e. The number of aryl methyl sites for hydroxylation is 2. The molecule has 1 amide bonds. The van der Waals surface area contributed by atoms with E-state index in [2.05, 4.69) is 15.4 Å². The molecule has 4 aromatic rings. The van der Waals surface area contributed by atoms with Gasteiger partial charge in [0, 0.05) is 25.5 Å². The van der Waals surface area contributed by atoms with Crippen LogP contribution in [0.2, 0.25) is 0 Å². The highest BCUT2D eigenvalue weighted by atomic mass is 16.5. The molecular weight excluding hydrogens is 382 g/mol. The van der Waals surface area contributed by atoms with Crippen molar-refractivity contribution in [1.29, 1.82) is 0 Å². The predicted molar refractivity (Wildman–Crippen MR) is 113 cm³/mol. The predicted octanol–water partition coefficient (Wildman–Crippen LogP) is 3.97. The lowest BCUT2D eigenvalue weighted by Crippen LogP contribution is -2.15. The van der Waals surface area contributed by atoms with Crippen molar-refractivity contribution >= 4 is 11.6 Å². The standard InChI is InChI=1S/C22H21N5O3/c1-15-6-8-18(19(12-15)29-3)30-20-9-7-16(13-23-20)25-21(28)17-14-24-26(2)22(17)27-10-4-5-11-27/h4-14H,1-3H3,(H,25,28). The molecule has 0 aliphatic carbocycles. The number of carbonyl (C=O) groups is 1. The molecular formula is C22H21N5O3. The van der Waals surface area contributed by atoms with Crippen LogP contribution in [-0.4, -0.2) is 32.3 Å². The van der Waals surface area contributed by atoms with Gasteiger partial charge in [-0.15, -0.1) is 0 Å². The van der Waals surface area contributed by atoms with E-state index in [1.165, 1.54) is 0 Å². The highest BCUT2D eigenvalue weighted by Gasteiger charge is 2.17. The minimum atomic E-state index is -0.275. The number of nitrogens with zero attached hydrogens (tertiary/aromatic N) is 4. The number of hydrogen-bond donors (Lipinski definition) is 1. The van der Waals surface area contributed by atoms with Gasteiger partial charge in [-0.1, -0.05) is 6.07 Å². The van der Waals surface area contributed by atoms with Crippen molar-refractivity contribution in [2.75, 3.05) is 12.4 Å². The first-order chi connectivity index (χ1) is 14.5. The van der Waals surface area contributed by atoms with Crippen LogP contribution in [0.4, 0.5) is 5.69 Å². The van der Waals surface area contributed by atoms with Gasteiger partial charge in [0.1, 0.15) is 11.4 Å². The molecule has 0 saturated heterocycles. The van der Waals surface area contributed by atoms with Crippen LogP contribution in [0.25, 0.3) is 5.82 Å². The molecule has 0 radical (unpaired) electrons. The second-order valence-corrected chi connectivity index (χ2v) is 6.69. The Hall–Kier alpha value is -4.07. The van der Waals surface area contributed by atoms with Gasteiger partial charge in [-0.25, -0.2) is 4.98 Å². The van der Waals surface area contributed by atoms with Gasteiger partial charge in [0.05, 0.1) is 25.2 Å². The van der Waals surface area contributed by atoms with Gasteiger partial charge in [0.25, 0.3) is 5.91 Å². The summed E-state index contributed by atoms with van der Waals surface area (Å²) in [5.41, 5.74) is 2.07. The van der Waals surface area contributed by atoms with E-state index in [0.29, 0.717) is 34.4 Å². The first-order valence-corrected chi connectivity index (χ1v) is 9.30. The molecule has 1 aromatic carbocycles. The van der Waals surface area contributed by atoms with E-state index in [1.54, 1.807) is 43.4 Å². The van der Waals surface area contributed by atoms with Gasteiger partial charge < -0.3 is 19.4 Å². The number of benzene rings is 1. The molecule has 0 aliphatic heterocycles. The van der Waals surface area contributed by atoms with Crippen molar-refractivity contribution in [2.45, 2.75) is 6.92 Å². The molecule has 0 aliphatic rings. The molecule has 4 rings (SSSR count). The molecule has 0 fully saturated rings. The third-order valence-electron chi connectivity index (χ3n) is 4.53. The Balaban J connectivity index is 1.49. The molecule has 0 atom stereocenters. The first-order valence-electron chi connectivity index (χ1n) is 9.30. The molecule has 3 aromatic heterocycles. The summed E-state index contributed by atoms with van der Waals surface area (Å²) in [6.07, 6.45) is 6.81. The average Bonchev–Trinajstić information content (AvgIpc) is 3.40. The minimum absolute atomic E-state index is 0.275. The number of hydrogen-bond acceptors (Lipinski definition) is 5. The van der Waals surface area contributed by atoms with Crippen molar-refractivity contribution in [3.63, 3.8) is 0 Å². The average molecular weight is 403 g/mol. The molecule has 3 heterocycles. The summed E-state index contributed by atoms with van der Waals surface area (Å²) in [6.45, 7) is 1.98. The lowest BCUT2D eigenvalue weighted by Gasteiger charge is -2.11. The number of anilines is 1. The Morgan fingerprint density at radius 3 is 2.57 bits per heavy atom. The maximum Gasteiger partial charge on any atom is 0.261 e. The number of aromatic nitrogens is 4. The zero-order chi connectivity index (χ0) is 21.1. The van der Waals surface area contributed by atoms with Gasteiger partial charge in [0.2, 0.25) is 5.88 Å². The van der Waals surface area contributed by atoms with Crippen LogP contribution in [0.1, 0.15) is 15.9 Å². The summed E-state index contributed by atoms with van der Waals surface area (Å²) < 4.78 is 14.6. The number of rotatable bonds is 6.